The largest absolute Gasteiger partial charge is 0.452 e. The Bertz CT molecular complexity index is 1470. The lowest BCUT2D eigenvalue weighted by molar-refractivity contribution is 0.475. The monoisotopic (exact) mass is 489 g/mol. The highest BCUT2D eigenvalue weighted by Gasteiger charge is 2.13. The van der Waals surface area contributed by atoms with Gasteiger partial charge in [0.25, 0.3) is 5.56 Å². The van der Waals surface area contributed by atoms with Crippen LogP contribution in [-0.2, 0) is 13.1 Å². The second-order valence-electron chi connectivity index (χ2n) is 7.48. The van der Waals surface area contributed by atoms with E-state index in [1.54, 1.807) is 24.3 Å². The number of nitrogens with one attached hydrogen (secondary N) is 1. The molecule has 0 radical (unpaired) electrons. The van der Waals surface area contributed by atoms with E-state index in [0.717, 1.165) is 5.56 Å². The van der Waals surface area contributed by atoms with Crippen molar-refractivity contribution in [2.75, 3.05) is 5.32 Å². The normalized spacial score (nSPS) is 10.5. The first kappa shape index (κ1) is 23.7. The maximum Gasteiger partial charge on any atom is 0.332 e. The summed E-state index contributed by atoms with van der Waals surface area (Å²) in [5, 5.41) is 12.4. The zero-order valence-electron chi connectivity index (χ0n) is 18.7. The molecule has 0 unspecified atom stereocenters. The summed E-state index contributed by atoms with van der Waals surface area (Å²) in [5.41, 5.74) is 0.0348. The number of nitrogens with zero attached hydrogens (tertiary/aromatic N) is 6. The predicted molar refractivity (Wildman–Crippen MR) is 130 cm³/mol. The lowest BCUT2D eigenvalue weighted by Gasteiger charge is -2.16. The minimum atomic E-state index is -0.419. The summed E-state index contributed by atoms with van der Waals surface area (Å²) in [6.45, 7) is 2.46. The quantitative estimate of drug-likeness (QED) is 0.396. The number of rotatable bonds is 8. The molecule has 0 bridgehead atoms. The number of hydrogen-bond donors (Lipinski definition) is 1. The highest BCUT2D eigenvalue weighted by atomic mass is 35.5. The van der Waals surface area contributed by atoms with Crippen LogP contribution in [0.4, 0.5) is 11.6 Å². The number of nitriles is 1. The Kier molecular flexibility index (Phi) is 7.18. The molecule has 4 aromatic rings. The zero-order valence-corrected chi connectivity index (χ0v) is 19.4. The van der Waals surface area contributed by atoms with E-state index < -0.39 is 11.2 Å². The van der Waals surface area contributed by atoms with Crippen molar-refractivity contribution < 1.29 is 4.74 Å². The standard InChI is InChI=1S/C24H20ClN7O3/c1-2-9-31-23(33)10-22(32(24(31)34)15-16-3-5-17(25)6-4-16)30-20-8-7-18(12-27-20)35-19-13-28-21(11-26)29-14-19/h3-8,10,12-14H,2,9,15H2,1H3,(H,27,30). The number of hydrogen-bond acceptors (Lipinski definition) is 8. The van der Waals surface area contributed by atoms with Gasteiger partial charge in [-0.05, 0) is 36.2 Å². The van der Waals surface area contributed by atoms with Gasteiger partial charge in [-0.1, -0.05) is 30.7 Å². The molecule has 1 N–H and O–H groups in total. The molecule has 0 aliphatic rings. The Morgan fingerprint density at radius 3 is 2.34 bits per heavy atom. The van der Waals surface area contributed by atoms with E-state index in [4.69, 9.17) is 21.6 Å². The van der Waals surface area contributed by atoms with Crippen LogP contribution in [0.5, 0.6) is 11.5 Å². The van der Waals surface area contributed by atoms with Gasteiger partial charge in [0.2, 0.25) is 5.82 Å². The van der Waals surface area contributed by atoms with Crippen molar-refractivity contribution in [3.05, 3.63) is 98.3 Å². The third-order valence-corrected chi connectivity index (χ3v) is 5.19. The van der Waals surface area contributed by atoms with Gasteiger partial charge in [0, 0.05) is 17.6 Å². The summed E-state index contributed by atoms with van der Waals surface area (Å²) in [5.74, 6) is 1.53. The van der Waals surface area contributed by atoms with E-state index in [1.807, 2.05) is 25.1 Å². The summed E-state index contributed by atoms with van der Waals surface area (Å²) in [6, 6.07) is 13.7. The van der Waals surface area contributed by atoms with Gasteiger partial charge < -0.3 is 10.1 Å². The van der Waals surface area contributed by atoms with Crippen LogP contribution < -0.4 is 21.3 Å². The molecule has 0 aliphatic carbocycles. The smallest absolute Gasteiger partial charge is 0.332 e. The topological polar surface area (TPSA) is 128 Å². The maximum atomic E-state index is 13.2. The van der Waals surface area contributed by atoms with E-state index in [-0.39, 0.29) is 12.4 Å². The fourth-order valence-corrected chi connectivity index (χ4v) is 3.41. The molecule has 10 nitrogen and oxygen atoms in total. The van der Waals surface area contributed by atoms with E-state index in [9.17, 15) is 9.59 Å². The molecule has 11 heteroatoms. The average Bonchev–Trinajstić information content (AvgIpc) is 2.87. The molecule has 0 saturated carbocycles. The SMILES string of the molecule is CCCn1c(=O)cc(Nc2ccc(Oc3cnc(C#N)nc3)cn2)n(Cc2ccc(Cl)cc2)c1=O. The van der Waals surface area contributed by atoms with Crippen LogP contribution in [-0.4, -0.2) is 24.1 Å². The number of ether oxygens (including phenoxy) is 1. The molecule has 176 valence electrons. The van der Waals surface area contributed by atoms with E-state index >= 15 is 0 Å². The number of anilines is 2. The van der Waals surface area contributed by atoms with Gasteiger partial charge in [-0.25, -0.2) is 19.7 Å². The lowest BCUT2D eigenvalue weighted by Crippen LogP contribution is -2.40. The minimum absolute atomic E-state index is 0.0422. The van der Waals surface area contributed by atoms with Crippen LogP contribution in [0.15, 0.2) is 70.6 Å². The molecule has 3 heterocycles. The number of halogens is 1. The number of pyridine rings is 1. The highest BCUT2D eigenvalue weighted by molar-refractivity contribution is 6.30. The Morgan fingerprint density at radius 2 is 1.71 bits per heavy atom. The molecule has 0 atom stereocenters. The molecule has 0 aliphatic heterocycles. The van der Waals surface area contributed by atoms with Crippen molar-refractivity contribution in [2.45, 2.75) is 26.4 Å². The first-order valence-electron chi connectivity index (χ1n) is 10.7. The van der Waals surface area contributed by atoms with Crippen molar-refractivity contribution in [1.82, 2.24) is 24.1 Å². The van der Waals surface area contributed by atoms with E-state index in [1.165, 1.54) is 33.8 Å². The van der Waals surface area contributed by atoms with Crippen molar-refractivity contribution >= 4 is 23.2 Å². The van der Waals surface area contributed by atoms with E-state index in [2.05, 4.69) is 20.3 Å². The first-order valence-corrected chi connectivity index (χ1v) is 11.1. The Balaban J connectivity index is 1.60. The fourth-order valence-electron chi connectivity index (χ4n) is 3.28. The third kappa shape index (κ3) is 5.72. The molecule has 0 saturated heterocycles. The molecule has 4 rings (SSSR count). The van der Waals surface area contributed by atoms with Gasteiger partial charge in [-0.3, -0.25) is 13.9 Å². The first-order chi connectivity index (χ1) is 17.0. The van der Waals surface area contributed by atoms with Crippen LogP contribution in [0.1, 0.15) is 24.7 Å². The van der Waals surface area contributed by atoms with E-state index in [0.29, 0.717) is 41.1 Å². The van der Waals surface area contributed by atoms with Crippen molar-refractivity contribution in [2.24, 2.45) is 0 Å². The van der Waals surface area contributed by atoms with Crippen LogP contribution in [0.25, 0.3) is 0 Å². The fraction of sp³-hybridized carbons (Fsp3) is 0.167. The second-order valence-corrected chi connectivity index (χ2v) is 7.91. The molecule has 3 aromatic heterocycles. The van der Waals surface area contributed by atoms with Crippen LogP contribution in [0.3, 0.4) is 0 Å². The van der Waals surface area contributed by atoms with Crippen LogP contribution in [0.2, 0.25) is 5.02 Å². The Hall–Kier alpha value is -4.49. The molecule has 0 spiro atoms. The number of aromatic nitrogens is 5. The van der Waals surface area contributed by atoms with Gasteiger partial charge in [0.1, 0.15) is 23.5 Å². The van der Waals surface area contributed by atoms with Crippen molar-refractivity contribution in [3.8, 4) is 17.6 Å². The molecule has 0 fully saturated rings. The second kappa shape index (κ2) is 10.6. The highest BCUT2D eigenvalue weighted by Crippen LogP contribution is 2.21. The van der Waals surface area contributed by atoms with Gasteiger partial charge >= 0.3 is 5.69 Å². The summed E-state index contributed by atoms with van der Waals surface area (Å²) >= 11 is 5.98. The van der Waals surface area contributed by atoms with Gasteiger partial charge in [-0.2, -0.15) is 5.26 Å². The minimum Gasteiger partial charge on any atom is -0.452 e. The molecule has 1 aromatic carbocycles. The van der Waals surface area contributed by atoms with Crippen LogP contribution >= 0.6 is 11.6 Å². The van der Waals surface area contributed by atoms with Gasteiger partial charge in [0.05, 0.1) is 25.1 Å². The Labute approximate surface area is 205 Å². The summed E-state index contributed by atoms with van der Waals surface area (Å²) in [6.07, 6.45) is 4.90. The summed E-state index contributed by atoms with van der Waals surface area (Å²) < 4.78 is 8.33. The average molecular weight is 490 g/mol. The van der Waals surface area contributed by atoms with Gasteiger partial charge in [0.15, 0.2) is 5.75 Å². The predicted octanol–water partition coefficient (Wildman–Crippen LogP) is 3.71. The van der Waals surface area contributed by atoms with Crippen molar-refractivity contribution in [1.29, 1.82) is 5.26 Å². The van der Waals surface area contributed by atoms with Crippen molar-refractivity contribution in [3.63, 3.8) is 0 Å². The Morgan fingerprint density at radius 1 is 1.00 bits per heavy atom. The molecule has 35 heavy (non-hydrogen) atoms. The lowest BCUT2D eigenvalue weighted by atomic mass is 10.2. The molecular weight excluding hydrogens is 470 g/mol. The molecular formula is C24H20ClN7O3. The van der Waals surface area contributed by atoms with Gasteiger partial charge in [-0.15, -0.1) is 0 Å². The third-order valence-electron chi connectivity index (χ3n) is 4.94. The number of benzene rings is 1. The molecule has 0 amide bonds. The van der Waals surface area contributed by atoms with Crippen LogP contribution in [0, 0.1) is 11.3 Å². The summed E-state index contributed by atoms with van der Waals surface area (Å²) in [7, 11) is 0. The zero-order chi connectivity index (χ0) is 24.8. The summed E-state index contributed by atoms with van der Waals surface area (Å²) in [4.78, 5) is 37.8. The maximum absolute atomic E-state index is 13.2.